The van der Waals surface area contributed by atoms with Crippen molar-refractivity contribution in [1.82, 2.24) is 4.98 Å². The number of rotatable bonds is 5. The Kier molecular flexibility index (Phi) is 5.56. The van der Waals surface area contributed by atoms with E-state index in [2.05, 4.69) is 10.3 Å². The lowest BCUT2D eigenvalue weighted by Gasteiger charge is -2.16. The first-order chi connectivity index (χ1) is 14.2. The summed E-state index contributed by atoms with van der Waals surface area (Å²) in [5, 5.41) is 3.16. The Morgan fingerprint density at radius 3 is 2.63 bits per heavy atom. The molecule has 2 amide bonds. The summed E-state index contributed by atoms with van der Waals surface area (Å²) < 4.78 is 24.1. The van der Waals surface area contributed by atoms with Crippen LogP contribution in [-0.4, -0.2) is 44.3 Å². The molecule has 4 rings (SSSR count). The normalized spacial score (nSPS) is 16.9. The maximum Gasteiger partial charge on any atom is 0.231 e. The molecule has 156 valence electrons. The molecule has 0 bridgehead atoms. The minimum Gasteiger partial charge on any atom is -0.312 e. The highest BCUT2D eigenvalue weighted by Gasteiger charge is 2.35. The highest BCUT2D eigenvalue weighted by Crippen LogP contribution is 2.31. The van der Waals surface area contributed by atoms with Crippen LogP contribution < -0.4 is 10.2 Å². The quantitative estimate of drug-likeness (QED) is 0.585. The second kappa shape index (κ2) is 8.01. The second-order valence-corrected chi connectivity index (χ2v) is 10.9. The van der Waals surface area contributed by atoms with Crippen molar-refractivity contribution in [2.75, 3.05) is 29.3 Å². The molecule has 1 aromatic heterocycles. The predicted molar refractivity (Wildman–Crippen MR) is 120 cm³/mol. The van der Waals surface area contributed by atoms with Gasteiger partial charge >= 0.3 is 0 Å². The third kappa shape index (κ3) is 4.21. The van der Waals surface area contributed by atoms with Gasteiger partial charge < -0.3 is 10.2 Å². The van der Waals surface area contributed by atoms with Crippen molar-refractivity contribution < 1.29 is 18.0 Å². The molecule has 1 saturated heterocycles. The highest BCUT2D eigenvalue weighted by atomic mass is 32.2. The molecule has 1 aliphatic heterocycles. The van der Waals surface area contributed by atoms with Crippen LogP contribution in [0.1, 0.15) is 6.42 Å². The molecule has 1 N–H and O–H groups in total. The highest BCUT2D eigenvalue weighted by molar-refractivity contribution is 7.98. The Bertz CT molecular complexity index is 1240. The summed E-state index contributed by atoms with van der Waals surface area (Å²) >= 11 is 2.83. The zero-order valence-corrected chi connectivity index (χ0v) is 18.7. The molecule has 2 aromatic carbocycles. The van der Waals surface area contributed by atoms with Crippen LogP contribution in [0, 0.1) is 5.92 Å². The number of fused-ring (bicyclic) bond motifs is 1. The molecule has 1 atom stereocenters. The molecular formula is C20H19N3O4S3. The maximum absolute atomic E-state index is 12.7. The number of thiazole rings is 1. The summed E-state index contributed by atoms with van der Waals surface area (Å²) in [5.74, 6) is -0.834. The van der Waals surface area contributed by atoms with E-state index in [1.54, 1.807) is 28.8 Å². The average molecular weight is 462 g/mol. The Hall–Kier alpha value is -2.43. The van der Waals surface area contributed by atoms with Gasteiger partial charge in [0, 0.05) is 29.8 Å². The van der Waals surface area contributed by atoms with E-state index in [0.29, 0.717) is 21.9 Å². The molecule has 7 nitrogen and oxygen atoms in total. The van der Waals surface area contributed by atoms with Gasteiger partial charge in [0.05, 0.1) is 21.0 Å². The van der Waals surface area contributed by atoms with Gasteiger partial charge in [-0.15, -0.1) is 11.8 Å². The minimum atomic E-state index is -3.32. The van der Waals surface area contributed by atoms with Gasteiger partial charge in [0.15, 0.2) is 15.0 Å². The molecule has 0 saturated carbocycles. The van der Waals surface area contributed by atoms with Gasteiger partial charge in [-0.25, -0.2) is 13.4 Å². The number of carbonyl (C=O) groups is 2. The topological polar surface area (TPSA) is 96.4 Å². The van der Waals surface area contributed by atoms with Crippen LogP contribution in [0.5, 0.6) is 0 Å². The number of aromatic nitrogens is 1. The third-order valence-corrected chi connectivity index (χ3v) is 7.69. The van der Waals surface area contributed by atoms with Crippen molar-refractivity contribution >= 4 is 65.8 Å². The lowest BCUT2D eigenvalue weighted by atomic mass is 10.1. The van der Waals surface area contributed by atoms with Crippen molar-refractivity contribution in [3.63, 3.8) is 0 Å². The van der Waals surface area contributed by atoms with Gasteiger partial charge in [-0.1, -0.05) is 11.3 Å². The largest absolute Gasteiger partial charge is 0.312 e. The molecule has 1 fully saturated rings. The molecular weight excluding hydrogens is 442 g/mol. The van der Waals surface area contributed by atoms with Crippen molar-refractivity contribution in [1.29, 1.82) is 0 Å². The van der Waals surface area contributed by atoms with Crippen molar-refractivity contribution in [3.8, 4) is 0 Å². The fourth-order valence-corrected chi connectivity index (χ4v) is 5.33. The average Bonchev–Trinajstić information content (AvgIpc) is 3.29. The van der Waals surface area contributed by atoms with Crippen LogP contribution >= 0.6 is 23.1 Å². The Balaban J connectivity index is 1.48. The van der Waals surface area contributed by atoms with Gasteiger partial charge in [0.25, 0.3) is 0 Å². The molecule has 10 heteroatoms. The van der Waals surface area contributed by atoms with Crippen molar-refractivity contribution in [3.05, 3.63) is 42.5 Å². The van der Waals surface area contributed by atoms with Crippen LogP contribution in [0.3, 0.4) is 0 Å². The smallest absolute Gasteiger partial charge is 0.231 e. The van der Waals surface area contributed by atoms with Crippen LogP contribution in [0.25, 0.3) is 10.2 Å². The number of nitrogens with one attached hydrogen (secondary N) is 1. The Morgan fingerprint density at radius 2 is 1.97 bits per heavy atom. The minimum absolute atomic E-state index is 0.0888. The SMILES string of the molecule is CSc1ccc(N2CC(C(=O)Nc3nc4ccc(S(C)(=O)=O)cc4s3)CC2=O)cc1. The van der Waals surface area contributed by atoms with Crippen molar-refractivity contribution in [2.45, 2.75) is 16.2 Å². The fourth-order valence-electron chi connectivity index (χ4n) is 3.29. The zero-order valence-electron chi connectivity index (χ0n) is 16.3. The van der Waals surface area contributed by atoms with E-state index in [1.165, 1.54) is 17.4 Å². The summed E-state index contributed by atoms with van der Waals surface area (Å²) in [4.78, 5) is 32.5. The second-order valence-electron chi connectivity index (χ2n) is 7.01. The van der Waals surface area contributed by atoms with Crippen LogP contribution in [0.4, 0.5) is 10.8 Å². The van der Waals surface area contributed by atoms with E-state index in [9.17, 15) is 18.0 Å². The van der Waals surface area contributed by atoms with Gasteiger partial charge in [-0.05, 0) is 48.7 Å². The number of hydrogen-bond acceptors (Lipinski definition) is 7. The first-order valence-corrected chi connectivity index (χ1v) is 13.0. The lowest BCUT2D eigenvalue weighted by molar-refractivity contribution is -0.122. The van der Waals surface area contributed by atoms with Gasteiger partial charge in [-0.2, -0.15) is 0 Å². The number of anilines is 2. The monoisotopic (exact) mass is 461 g/mol. The Morgan fingerprint density at radius 1 is 1.23 bits per heavy atom. The summed E-state index contributed by atoms with van der Waals surface area (Å²) in [6, 6.07) is 12.3. The number of amides is 2. The molecule has 2 heterocycles. The summed E-state index contributed by atoms with van der Waals surface area (Å²) in [7, 11) is -3.32. The van der Waals surface area contributed by atoms with E-state index < -0.39 is 15.8 Å². The molecule has 1 unspecified atom stereocenters. The van der Waals surface area contributed by atoms with E-state index in [-0.39, 0.29) is 23.1 Å². The van der Waals surface area contributed by atoms with E-state index in [1.807, 2.05) is 30.5 Å². The predicted octanol–water partition coefficient (Wildman–Crippen LogP) is 3.41. The number of thioether (sulfide) groups is 1. The molecule has 1 aliphatic rings. The molecule has 0 radical (unpaired) electrons. The van der Waals surface area contributed by atoms with Gasteiger partial charge in [-0.3, -0.25) is 9.59 Å². The summed E-state index contributed by atoms with van der Waals surface area (Å²) in [6.07, 6.45) is 3.27. The van der Waals surface area contributed by atoms with E-state index >= 15 is 0 Å². The Labute approximate surface area is 182 Å². The van der Waals surface area contributed by atoms with Crippen LogP contribution in [-0.2, 0) is 19.4 Å². The third-order valence-electron chi connectivity index (χ3n) is 4.90. The number of benzene rings is 2. The number of sulfone groups is 1. The summed E-state index contributed by atoms with van der Waals surface area (Å²) in [5.41, 5.74) is 1.39. The first kappa shape index (κ1) is 20.8. The van der Waals surface area contributed by atoms with E-state index in [0.717, 1.165) is 16.8 Å². The van der Waals surface area contributed by atoms with Crippen LogP contribution in [0.15, 0.2) is 52.3 Å². The molecule has 0 spiro atoms. The zero-order chi connectivity index (χ0) is 21.5. The fraction of sp³-hybridized carbons (Fsp3) is 0.250. The van der Waals surface area contributed by atoms with Crippen LogP contribution in [0.2, 0.25) is 0 Å². The number of nitrogens with zero attached hydrogens (tertiary/aromatic N) is 2. The van der Waals surface area contributed by atoms with Crippen molar-refractivity contribution in [2.24, 2.45) is 5.92 Å². The standard InChI is InChI=1S/C20H19N3O4S3/c1-28-14-5-3-13(4-6-14)23-11-12(9-18(23)24)19(25)22-20-21-16-8-7-15(30(2,26)27)10-17(16)29-20/h3-8,10,12H,9,11H2,1-2H3,(H,21,22,25). The molecule has 3 aromatic rings. The maximum atomic E-state index is 12.7. The lowest BCUT2D eigenvalue weighted by Crippen LogP contribution is -2.28. The molecule has 30 heavy (non-hydrogen) atoms. The summed E-state index contributed by atoms with van der Waals surface area (Å²) in [6.45, 7) is 0.312. The number of carbonyl (C=O) groups excluding carboxylic acids is 2. The van der Waals surface area contributed by atoms with E-state index in [4.69, 9.17) is 0 Å². The molecule has 0 aliphatic carbocycles. The first-order valence-electron chi connectivity index (χ1n) is 9.10. The van der Waals surface area contributed by atoms with Gasteiger partial charge in [0.2, 0.25) is 11.8 Å². The number of hydrogen-bond donors (Lipinski definition) is 1. The van der Waals surface area contributed by atoms with Gasteiger partial charge in [0.1, 0.15) is 0 Å².